The molecule has 0 aliphatic heterocycles. The molecule has 0 N–H and O–H groups in total. The Labute approximate surface area is 94.6 Å². The summed E-state index contributed by atoms with van der Waals surface area (Å²) in [7, 11) is 0. The van der Waals surface area contributed by atoms with Gasteiger partial charge in [0.2, 0.25) is 0 Å². The van der Waals surface area contributed by atoms with E-state index in [2.05, 4.69) is 15.4 Å². The van der Waals surface area contributed by atoms with Crippen LogP contribution in [0.15, 0.2) is 40.7 Å². The van der Waals surface area contributed by atoms with Crippen molar-refractivity contribution in [1.29, 1.82) is 0 Å². The number of hydrogen-bond acceptors (Lipinski definition) is 3. The quantitative estimate of drug-likeness (QED) is 0.707. The fourth-order valence-electron chi connectivity index (χ4n) is 1.38. The van der Waals surface area contributed by atoms with E-state index in [1.807, 2.05) is 51.1 Å². The largest absolute Gasteiger partial charge is 0.154 e. The van der Waals surface area contributed by atoms with Crippen LogP contribution in [-0.4, -0.2) is 9.89 Å². The average molecular weight is 214 g/mol. The van der Waals surface area contributed by atoms with E-state index >= 15 is 0 Å². The third-order valence-corrected chi connectivity index (χ3v) is 2.63. The first-order chi connectivity index (χ1) is 7.68. The van der Waals surface area contributed by atoms with Crippen molar-refractivity contribution >= 4 is 5.69 Å². The summed E-state index contributed by atoms with van der Waals surface area (Å²) < 4.78 is 0. The van der Waals surface area contributed by atoms with Crippen LogP contribution >= 0.6 is 0 Å². The van der Waals surface area contributed by atoms with Crippen molar-refractivity contribution in [2.75, 3.05) is 0 Å². The number of nitrogens with zero attached hydrogens (tertiary/aromatic N) is 4. The first-order valence-electron chi connectivity index (χ1n) is 5.18. The van der Waals surface area contributed by atoms with E-state index in [9.17, 15) is 0 Å². The number of aromatic nitrogens is 2. The van der Waals surface area contributed by atoms with Crippen LogP contribution in [0.3, 0.4) is 0 Å². The van der Waals surface area contributed by atoms with Crippen molar-refractivity contribution in [1.82, 2.24) is 9.89 Å². The van der Waals surface area contributed by atoms with Gasteiger partial charge in [-0.25, -0.2) is 0 Å². The van der Waals surface area contributed by atoms with Crippen molar-refractivity contribution in [3.63, 3.8) is 0 Å². The standard InChI is InChI=1S/C12H14N4/c1-9-10(2)14-16(11(9)3)15-13-12-7-5-4-6-8-12/h4-8H,1-3H3/b15-13+. The fourth-order valence-corrected chi connectivity index (χ4v) is 1.38. The van der Waals surface area contributed by atoms with Crippen LogP contribution in [0.4, 0.5) is 5.69 Å². The topological polar surface area (TPSA) is 42.5 Å². The molecule has 0 radical (unpaired) electrons. The third-order valence-electron chi connectivity index (χ3n) is 2.63. The van der Waals surface area contributed by atoms with E-state index in [4.69, 9.17) is 0 Å². The predicted molar refractivity (Wildman–Crippen MR) is 62.8 cm³/mol. The molecule has 4 nitrogen and oxygen atoms in total. The highest BCUT2D eigenvalue weighted by Crippen LogP contribution is 2.14. The normalized spacial score (nSPS) is 11.2. The molecule has 0 fully saturated rings. The van der Waals surface area contributed by atoms with E-state index in [-0.39, 0.29) is 0 Å². The minimum Gasteiger partial charge on any atom is -0.154 e. The van der Waals surface area contributed by atoms with Crippen molar-refractivity contribution in [2.24, 2.45) is 10.3 Å². The first kappa shape index (κ1) is 10.5. The average Bonchev–Trinajstić information content (AvgIpc) is 2.56. The SMILES string of the molecule is Cc1nn(/N=N/c2ccccc2)c(C)c1C. The molecule has 16 heavy (non-hydrogen) atoms. The Hall–Kier alpha value is -1.97. The first-order valence-corrected chi connectivity index (χ1v) is 5.18. The second-order valence-electron chi connectivity index (χ2n) is 3.71. The van der Waals surface area contributed by atoms with Crippen molar-refractivity contribution in [2.45, 2.75) is 20.8 Å². The second-order valence-corrected chi connectivity index (χ2v) is 3.71. The smallest absolute Gasteiger partial charge is 0.0875 e. The third kappa shape index (κ3) is 2.00. The lowest BCUT2D eigenvalue weighted by Gasteiger charge is -1.94. The maximum atomic E-state index is 4.28. The number of aryl methyl sites for hydroxylation is 1. The molecular formula is C12H14N4. The summed E-state index contributed by atoms with van der Waals surface area (Å²) in [6.45, 7) is 5.99. The summed E-state index contributed by atoms with van der Waals surface area (Å²) >= 11 is 0. The molecule has 2 rings (SSSR count). The van der Waals surface area contributed by atoms with Crippen LogP contribution < -0.4 is 0 Å². The van der Waals surface area contributed by atoms with Gasteiger partial charge in [-0.05, 0) is 43.7 Å². The van der Waals surface area contributed by atoms with Gasteiger partial charge in [0.15, 0.2) is 0 Å². The molecule has 1 aromatic heterocycles. The van der Waals surface area contributed by atoms with Crippen LogP contribution in [0.5, 0.6) is 0 Å². The molecule has 0 saturated heterocycles. The van der Waals surface area contributed by atoms with E-state index in [0.29, 0.717) is 0 Å². The zero-order chi connectivity index (χ0) is 11.5. The molecule has 0 spiro atoms. The zero-order valence-electron chi connectivity index (χ0n) is 9.68. The Kier molecular flexibility index (Phi) is 2.81. The summed E-state index contributed by atoms with van der Waals surface area (Å²) in [6.07, 6.45) is 0. The van der Waals surface area contributed by atoms with Crippen LogP contribution in [0.2, 0.25) is 0 Å². The molecule has 0 atom stereocenters. The van der Waals surface area contributed by atoms with Gasteiger partial charge in [0.1, 0.15) is 0 Å². The minimum absolute atomic E-state index is 0.827. The van der Waals surface area contributed by atoms with E-state index in [0.717, 1.165) is 22.6 Å². The summed E-state index contributed by atoms with van der Waals surface area (Å²) in [4.78, 5) is 1.57. The predicted octanol–water partition coefficient (Wildman–Crippen LogP) is 3.36. The highest BCUT2D eigenvalue weighted by atomic mass is 15.6. The summed E-state index contributed by atoms with van der Waals surface area (Å²) in [5, 5.41) is 12.5. The molecule has 2 aromatic rings. The summed E-state index contributed by atoms with van der Waals surface area (Å²) in [6, 6.07) is 9.62. The summed E-state index contributed by atoms with van der Waals surface area (Å²) in [5.41, 5.74) is 4.00. The number of hydrogen-bond donors (Lipinski definition) is 0. The second kappa shape index (κ2) is 4.26. The number of benzene rings is 1. The maximum absolute atomic E-state index is 4.28. The van der Waals surface area contributed by atoms with Gasteiger partial charge in [-0.3, -0.25) is 0 Å². The van der Waals surface area contributed by atoms with E-state index in [1.54, 1.807) is 4.79 Å². The van der Waals surface area contributed by atoms with Gasteiger partial charge in [-0.15, -0.1) is 9.91 Å². The van der Waals surface area contributed by atoms with Crippen LogP contribution in [0.1, 0.15) is 17.0 Å². The fraction of sp³-hybridized carbons (Fsp3) is 0.250. The molecule has 1 heterocycles. The van der Waals surface area contributed by atoms with Gasteiger partial charge in [-0.1, -0.05) is 18.2 Å². The lowest BCUT2D eigenvalue weighted by molar-refractivity contribution is 0.664. The van der Waals surface area contributed by atoms with Gasteiger partial charge in [0, 0.05) is 0 Å². The maximum Gasteiger partial charge on any atom is 0.0875 e. The highest BCUT2D eigenvalue weighted by Gasteiger charge is 2.05. The van der Waals surface area contributed by atoms with Crippen molar-refractivity contribution in [3.05, 3.63) is 47.3 Å². The Bertz CT molecular complexity index is 511. The lowest BCUT2D eigenvalue weighted by Crippen LogP contribution is -1.92. The Balaban J connectivity index is 2.28. The van der Waals surface area contributed by atoms with Gasteiger partial charge >= 0.3 is 0 Å². The van der Waals surface area contributed by atoms with Gasteiger partial charge in [0.25, 0.3) is 0 Å². The zero-order valence-corrected chi connectivity index (χ0v) is 9.68. The molecule has 0 saturated carbocycles. The van der Waals surface area contributed by atoms with Crippen LogP contribution in [-0.2, 0) is 0 Å². The Morgan fingerprint density at radius 2 is 1.75 bits per heavy atom. The van der Waals surface area contributed by atoms with Gasteiger partial charge in [0.05, 0.1) is 17.1 Å². The molecule has 1 aromatic carbocycles. The molecule has 0 amide bonds. The molecule has 4 heteroatoms. The van der Waals surface area contributed by atoms with Crippen LogP contribution in [0, 0.1) is 20.8 Å². The lowest BCUT2D eigenvalue weighted by atomic mass is 10.2. The van der Waals surface area contributed by atoms with Crippen molar-refractivity contribution < 1.29 is 0 Å². The Morgan fingerprint density at radius 3 is 2.31 bits per heavy atom. The molecular weight excluding hydrogens is 200 g/mol. The monoisotopic (exact) mass is 214 g/mol. The van der Waals surface area contributed by atoms with Gasteiger partial charge in [-0.2, -0.15) is 5.10 Å². The molecule has 0 aliphatic rings. The molecule has 0 bridgehead atoms. The molecule has 82 valence electrons. The van der Waals surface area contributed by atoms with Crippen molar-refractivity contribution in [3.8, 4) is 0 Å². The highest BCUT2D eigenvalue weighted by molar-refractivity contribution is 5.34. The molecule has 0 aliphatic carbocycles. The van der Waals surface area contributed by atoms with E-state index < -0.39 is 0 Å². The summed E-state index contributed by atoms with van der Waals surface area (Å²) in [5.74, 6) is 0. The van der Waals surface area contributed by atoms with E-state index in [1.165, 1.54) is 0 Å². The minimum atomic E-state index is 0.827. The molecule has 0 unspecified atom stereocenters. The Morgan fingerprint density at radius 1 is 1.06 bits per heavy atom. The van der Waals surface area contributed by atoms with Gasteiger partial charge < -0.3 is 0 Å². The number of rotatable bonds is 2. The van der Waals surface area contributed by atoms with Crippen LogP contribution in [0.25, 0.3) is 0 Å².